The van der Waals surface area contributed by atoms with E-state index in [1.54, 1.807) is 18.2 Å². The monoisotopic (exact) mass is 355 g/mol. The fraction of sp³-hybridized carbons (Fsp3) is 0.0455. The molecule has 0 aliphatic rings. The first kappa shape index (κ1) is 16.7. The third-order valence-electron chi connectivity index (χ3n) is 4.39. The van der Waals surface area contributed by atoms with Gasteiger partial charge in [0.05, 0.1) is 11.1 Å². The minimum atomic E-state index is -0.187. The smallest absolute Gasteiger partial charge is 0.272 e. The van der Waals surface area contributed by atoms with Crippen molar-refractivity contribution < 1.29 is 4.79 Å². The molecule has 5 heteroatoms. The van der Waals surface area contributed by atoms with Crippen molar-refractivity contribution in [2.75, 3.05) is 5.32 Å². The number of carbonyl (C=O) groups is 1. The van der Waals surface area contributed by atoms with Crippen molar-refractivity contribution in [1.29, 1.82) is 0 Å². The van der Waals surface area contributed by atoms with Gasteiger partial charge in [0.25, 0.3) is 11.5 Å². The Labute approximate surface area is 155 Å². The van der Waals surface area contributed by atoms with Crippen LogP contribution in [0.15, 0.2) is 83.7 Å². The zero-order chi connectivity index (χ0) is 18.6. The van der Waals surface area contributed by atoms with Gasteiger partial charge in [0.1, 0.15) is 0 Å². The molecular weight excluding hydrogens is 338 g/mol. The van der Waals surface area contributed by atoms with Crippen LogP contribution in [0.1, 0.15) is 21.6 Å². The van der Waals surface area contributed by atoms with E-state index in [0.717, 1.165) is 22.3 Å². The second-order valence-electron chi connectivity index (χ2n) is 6.24. The first-order valence-corrected chi connectivity index (χ1v) is 8.62. The molecule has 4 rings (SSSR count). The van der Waals surface area contributed by atoms with E-state index in [9.17, 15) is 9.59 Å². The Morgan fingerprint density at radius 1 is 0.852 bits per heavy atom. The first-order valence-electron chi connectivity index (χ1n) is 8.62. The number of amides is 1. The zero-order valence-corrected chi connectivity index (χ0v) is 14.5. The van der Waals surface area contributed by atoms with E-state index < -0.39 is 0 Å². The van der Waals surface area contributed by atoms with Gasteiger partial charge in [0.15, 0.2) is 0 Å². The van der Waals surface area contributed by atoms with E-state index in [2.05, 4.69) is 15.5 Å². The van der Waals surface area contributed by atoms with Crippen LogP contribution in [0.4, 0.5) is 5.69 Å². The van der Waals surface area contributed by atoms with Gasteiger partial charge in [-0.05, 0) is 35.9 Å². The minimum absolute atomic E-state index is 0.142. The molecule has 0 fully saturated rings. The Morgan fingerprint density at radius 2 is 1.52 bits per heavy atom. The van der Waals surface area contributed by atoms with Crippen molar-refractivity contribution in [1.82, 2.24) is 10.2 Å². The molecule has 0 radical (unpaired) electrons. The summed E-state index contributed by atoms with van der Waals surface area (Å²) in [5, 5.41) is 11.1. The summed E-state index contributed by atoms with van der Waals surface area (Å²) in [6.45, 7) is 0. The molecule has 0 unspecified atom stereocenters. The van der Waals surface area contributed by atoms with Crippen molar-refractivity contribution in [2.24, 2.45) is 0 Å². The number of anilines is 1. The number of aromatic nitrogens is 2. The van der Waals surface area contributed by atoms with Crippen LogP contribution in [-0.4, -0.2) is 16.1 Å². The van der Waals surface area contributed by atoms with E-state index in [4.69, 9.17) is 0 Å². The van der Waals surface area contributed by atoms with E-state index in [1.165, 1.54) is 0 Å². The van der Waals surface area contributed by atoms with E-state index in [1.807, 2.05) is 60.7 Å². The van der Waals surface area contributed by atoms with E-state index in [0.29, 0.717) is 17.4 Å². The Bertz CT molecular complexity index is 1150. The molecule has 0 aliphatic carbocycles. The first-order chi connectivity index (χ1) is 13.2. The van der Waals surface area contributed by atoms with Crippen LogP contribution in [0, 0.1) is 0 Å². The molecule has 132 valence electrons. The van der Waals surface area contributed by atoms with Gasteiger partial charge in [-0.25, -0.2) is 5.10 Å². The molecule has 0 bridgehead atoms. The normalized spacial score (nSPS) is 10.7. The summed E-state index contributed by atoms with van der Waals surface area (Å²) in [7, 11) is 0. The maximum absolute atomic E-state index is 12.2. The third-order valence-corrected chi connectivity index (χ3v) is 4.39. The van der Waals surface area contributed by atoms with Crippen LogP contribution < -0.4 is 10.9 Å². The molecule has 4 aromatic rings. The second kappa shape index (κ2) is 7.25. The SMILES string of the molecule is O=C(Nc1ccc(Cc2n[nH]c(=O)c3ccccc23)cc1)c1ccccc1. The molecule has 0 atom stereocenters. The van der Waals surface area contributed by atoms with Gasteiger partial charge < -0.3 is 5.32 Å². The lowest BCUT2D eigenvalue weighted by Crippen LogP contribution is -2.12. The summed E-state index contributed by atoms with van der Waals surface area (Å²) >= 11 is 0. The fourth-order valence-electron chi connectivity index (χ4n) is 3.00. The van der Waals surface area contributed by atoms with Gasteiger partial charge in [-0.2, -0.15) is 5.10 Å². The lowest BCUT2D eigenvalue weighted by atomic mass is 10.0. The van der Waals surface area contributed by atoms with Crippen molar-refractivity contribution in [3.8, 4) is 0 Å². The average Bonchev–Trinajstić information content (AvgIpc) is 2.72. The van der Waals surface area contributed by atoms with Crippen molar-refractivity contribution in [3.63, 3.8) is 0 Å². The van der Waals surface area contributed by atoms with Crippen molar-refractivity contribution in [2.45, 2.75) is 6.42 Å². The van der Waals surface area contributed by atoms with Crippen LogP contribution in [0.3, 0.4) is 0 Å². The van der Waals surface area contributed by atoms with Crippen LogP contribution >= 0.6 is 0 Å². The highest BCUT2D eigenvalue weighted by atomic mass is 16.1. The standard InChI is InChI=1S/C22H17N3O2/c26-21(16-6-2-1-3-7-16)23-17-12-10-15(11-13-17)14-20-18-8-4-5-9-19(18)22(27)25-24-20/h1-13H,14H2,(H,23,26)(H,25,27). The number of nitrogens with zero attached hydrogens (tertiary/aromatic N) is 1. The summed E-state index contributed by atoms with van der Waals surface area (Å²) < 4.78 is 0. The molecule has 1 heterocycles. The average molecular weight is 355 g/mol. The molecule has 0 spiro atoms. The number of nitrogens with one attached hydrogen (secondary N) is 2. The summed E-state index contributed by atoms with van der Waals surface area (Å²) in [6, 6.07) is 24.1. The Morgan fingerprint density at radius 3 is 2.26 bits per heavy atom. The highest BCUT2D eigenvalue weighted by molar-refractivity contribution is 6.04. The van der Waals surface area contributed by atoms with Crippen molar-refractivity contribution in [3.05, 3.63) is 106 Å². The number of carbonyl (C=O) groups excluding carboxylic acids is 1. The van der Waals surface area contributed by atoms with Crippen LogP contribution in [0.5, 0.6) is 0 Å². The molecule has 1 amide bonds. The van der Waals surface area contributed by atoms with E-state index in [-0.39, 0.29) is 11.5 Å². The minimum Gasteiger partial charge on any atom is -0.322 e. The molecule has 1 aromatic heterocycles. The number of hydrogen-bond donors (Lipinski definition) is 2. The maximum Gasteiger partial charge on any atom is 0.272 e. The van der Waals surface area contributed by atoms with Crippen LogP contribution in [0.2, 0.25) is 0 Å². The molecule has 27 heavy (non-hydrogen) atoms. The predicted octanol–water partition coefficient (Wildman–Crippen LogP) is 3.77. The zero-order valence-electron chi connectivity index (χ0n) is 14.5. The lowest BCUT2D eigenvalue weighted by molar-refractivity contribution is 0.102. The van der Waals surface area contributed by atoms with Crippen molar-refractivity contribution >= 4 is 22.4 Å². The van der Waals surface area contributed by atoms with Crippen LogP contribution in [0.25, 0.3) is 10.8 Å². The lowest BCUT2D eigenvalue weighted by Gasteiger charge is -2.08. The quantitative estimate of drug-likeness (QED) is 0.585. The Hall–Kier alpha value is -3.73. The Balaban J connectivity index is 1.53. The summed E-state index contributed by atoms with van der Waals surface area (Å²) in [4.78, 5) is 24.1. The van der Waals surface area contributed by atoms with Gasteiger partial charge in [-0.3, -0.25) is 9.59 Å². The second-order valence-corrected chi connectivity index (χ2v) is 6.24. The highest BCUT2D eigenvalue weighted by Crippen LogP contribution is 2.18. The summed E-state index contributed by atoms with van der Waals surface area (Å²) in [6.07, 6.45) is 0.588. The highest BCUT2D eigenvalue weighted by Gasteiger charge is 2.08. The maximum atomic E-state index is 12.2. The number of fused-ring (bicyclic) bond motifs is 1. The van der Waals surface area contributed by atoms with Gasteiger partial charge in [0, 0.05) is 23.1 Å². The topological polar surface area (TPSA) is 74.8 Å². The fourth-order valence-corrected chi connectivity index (χ4v) is 3.00. The van der Waals surface area contributed by atoms with Gasteiger partial charge in [0.2, 0.25) is 0 Å². The molecule has 0 saturated carbocycles. The molecule has 0 saturated heterocycles. The van der Waals surface area contributed by atoms with Gasteiger partial charge in [-0.1, -0.05) is 48.5 Å². The number of hydrogen-bond acceptors (Lipinski definition) is 3. The largest absolute Gasteiger partial charge is 0.322 e. The molecule has 0 aliphatic heterocycles. The van der Waals surface area contributed by atoms with E-state index >= 15 is 0 Å². The molecule has 5 nitrogen and oxygen atoms in total. The Kier molecular flexibility index (Phi) is 4.49. The third kappa shape index (κ3) is 3.62. The van der Waals surface area contributed by atoms with Crippen LogP contribution in [-0.2, 0) is 6.42 Å². The number of aromatic amines is 1. The number of H-pyrrole nitrogens is 1. The summed E-state index contributed by atoms with van der Waals surface area (Å²) in [5.41, 5.74) is 3.01. The predicted molar refractivity (Wildman–Crippen MR) is 106 cm³/mol. The van der Waals surface area contributed by atoms with Gasteiger partial charge >= 0.3 is 0 Å². The van der Waals surface area contributed by atoms with Gasteiger partial charge in [-0.15, -0.1) is 0 Å². The molecule has 3 aromatic carbocycles. The summed E-state index contributed by atoms with van der Waals surface area (Å²) in [5.74, 6) is -0.142. The molecular formula is C22H17N3O2. The number of benzene rings is 3. The molecule has 2 N–H and O–H groups in total. The number of rotatable bonds is 4.